The molecule has 2 aromatic carbocycles. The van der Waals surface area contributed by atoms with Crippen LogP contribution in [0.25, 0.3) is 0 Å². The Morgan fingerprint density at radius 2 is 1.78 bits per heavy atom. The number of amides is 1. The minimum atomic E-state index is -3.83. The number of anilines is 1. The molecule has 0 aliphatic rings. The Bertz CT molecular complexity index is 928. The average molecular weight is 431 g/mol. The van der Waals surface area contributed by atoms with Crippen molar-refractivity contribution in [3.05, 3.63) is 52.0 Å². The van der Waals surface area contributed by atoms with Gasteiger partial charge >= 0.3 is 0 Å². The Labute approximate surface area is 169 Å². The zero-order chi connectivity index (χ0) is 20.2. The first-order chi connectivity index (χ1) is 12.6. The summed E-state index contributed by atoms with van der Waals surface area (Å²) in [6, 6.07) is 9.16. The summed E-state index contributed by atoms with van der Waals surface area (Å²) in [4.78, 5) is 12.3. The maximum absolute atomic E-state index is 12.7. The lowest BCUT2D eigenvalue weighted by Gasteiger charge is -2.18. The monoisotopic (exact) mass is 430 g/mol. The highest BCUT2D eigenvalue weighted by Gasteiger charge is 2.23. The molecular weight excluding hydrogens is 411 g/mol. The van der Waals surface area contributed by atoms with Crippen LogP contribution in [0.5, 0.6) is 5.75 Å². The van der Waals surface area contributed by atoms with Crippen LogP contribution in [0, 0.1) is 6.92 Å². The average Bonchev–Trinajstić information content (AvgIpc) is 2.55. The lowest BCUT2D eigenvalue weighted by Crippen LogP contribution is -2.35. The number of nitrogens with zero attached hydrogens (tertiary/aromatic N) is 1. The molecule has 0 aliphatic carbocycles. The molecule has 0 spiro atoms. The van der Waals surface area contributed by atoms with Crippen molar-refractivity contribution in [3.8, 4) is 5.75 Å². The second kappa shape index (κ2) is 8.93. The lowest BCUT2D eigenvalue weighted by atomic mass is 10.2. The predicted octanol–water partition coefficient (Wildman–Crippen LogP) is 3.96. The number of benzene rings is 2. The van der Waals surface area contributed by atoms with E-state index in [1.807, 2.05) is 6.92 Å². The van der Waals surface area contributed by atoms with Crippen molar-refractivity contribution < 1.29 is 17.9 Å². The zero-order valence-corrected chi connectivity index (χ0v) is 17.5. The Morgan fingerprint density at radius 3 is 2.33 bits per heavy atom. The predicted molar refractivity (Wildman–Crippen MR) is 107 cm³/mol. The van der Waals surface area contributed by atoms with Crippen molar-refractivity contribution in [2.45, 2.75) is 18.7 Å². The van der Waals surface area contributed by atoms with Crippen LogP contribution < -0.4 is 10.1 Å². The summed E-state index contributed by atoms with van der Waals surface area (Å²) < 4.78 is 31.8. The van der Waals surface area contributed by atoms with Crippen molar-refractivity contribution in [2.24, 2.45) is 0 Å². The molecule has 9 heteroatoms. The van der Waals surface area contributed by atoms with E-state index in [1.165, 1.54) is 37.4 Å². The highest BCUT2D eigenvalue weighted by atomic mass is 35.5. The number of carbonyl (C=O) groups excluding carboxylic acids is 1. The molecule has 1 N–H and O–H groups in total. The van der Waals surface area contributed by atoms with Gasteiger partial charge in [0.25, 0.3) is 0 Å². The SMILES string of the molecule is CCOc1ccc(S(=O)(=O)N(C)CC(=O)Nc2cc(Cl)cc(Cl)c2)cc1C. The number of carbonyl (C=O) groups is 1. The molecule has 0 saturated carbocycles. The van der Waals surface area contributed by atoms with E-state index in [1.54, 1.807) is 13.0 Å². The van der Waals surface area contributed by atoms with Crippen molar-refractivity contribution in [2.75, 3.05) is 25.5 Å². The number of halogens is 2. The Balaban J connectivity index is 2.12. The third-order valence-corrected chi connectivity index (χ3v) is 5.90. The van der Waals surface area contributed by atoms with E-state index in [9.17, 15) is 13.2 Å². The van der Waals surface area contributed by atoms with Gasteiger partial charge in [-0.15, -0.1) is 0 Å². The molecule has 0 aliphatic heterocycles. The fraction of sp³-hybridized carbons (Fsp3) is 0.278. The maximum Gasteiger partial charge on any atom is 0.243 e. The number of ether oxygens (including phenoxy) is 1. The largest absolute Gasteiger partial charge is 0.494 e. The topological polar surface area (TPSA) is 75.7 Å². The lowest BCUT2D eigenvalue weighted by molar-refractivity contribution is -0.116. The van der Waals surface area contributed by atoms with E-state index >= 15 is 0 Å². The molecule has 6 nitrogen and oxygen atoms in total. The van der Waals surface area contributed by atoms with E-state index in [0.717, 1.165) is 4.31 Å². The first-order valence-corrected chi connectivity index (χ1v) is 10.3. The van der Waals surface area contributed by atoms with E-state index in [0.29, 0.717) is 33.7 Å². The normalized spacial score (nSPS) is 11.5. The number of aryl methyl sites for hydroxylation is 1. The molecule has 2 rings (SSSR count). The number of hydrogen-bond donors (Lipinski definition) is 1. The van der Waals surface area contributed by atoms with Gasteiger partial charge in [0, 0.05) is 22.8 Å². The molecule has 27 heavy (non-hydrogen) atoms. The van der Waals surface area contributed by atoms with E-state index < -0.39 is 15.9 Å². The summed E-state index contributed by atoms with van der Waals surface area (Å²) in [6.07, 6.45) is 0. The molecule has 2 aromatic rings. The fourth-order valence-corrected chi connectivity index (χ4v) is 4.13. The zero-order valence-electron chi connectivity index (χ0n) is 15.1. The van der Waals surface area contributed by atoms with Crippen LogP contribution in [0.4, 0.5) is 5.69 Å². The van der Waals surface area contributed by atoms with Gasteiger partial charge in [0.05, 0.1) is 18.0 Å². The maximum atomic E-state index is 12.7. The second-order valence-corrected chi connectivity index (χ2v) is 8.75. The molecule has 0 fully saturated rings. The molecular formula is C18H20Cl2N2O4S. The van der Waals surface area contributed by atoms with E-state index in [-0.39, 0.29) is 11.4 Å². The van der Waals surface area contributed by atoms with Gasteiger partial charge in [-0.2, -0.15) is 4.31 Å². The van der Waals surface area contributed by atoms with Crippen LogP contribution >= 0.6 is 23.2 Å². The Hall–Kier alpha value is -1.80. The number of rotatable bonds is 7. The summed E-state index contributed by atoms with van der Waals surface area (Å²) in [7, 11) is -2.49. The molecule has 0 bridgehead atoms. The molecule has 0 atom stereocenters. The minimum Gasteiger partial charge on any atom is -0.494 e. The summed E-state index contributed by atoms with van der Waals surface area (Å²) in [5.74, 6) is 0.108. The van der Waals surface area contributed by atoms with Gasteiger partial charge in [0.1, 0.15) is 5.75 Å². The highest BCUT2D eigenvalue weighted by molar-refractivity contribution is 7.89. The van der Waals surface area contributed by atoms with Gasteiger partial charge in [-0.05, 0) is 55.8 Å². The van der Waals surface area contributed by atoms with Gasteiger partial charge in [-0.1, -0.05) is 23.2 Å². The van der Waals surface area contributed by atoms with E-state index in [4.69, 9.17) is 27.9 Å². The fourth-order valence-electron chi connectivity index (χ4n) is 2.39. The van der Waals surface area contributed by atoms with Gasteiger partial charge < -0.3 is 10.1 Å². The first kappa shape index (κ1) is 21.5. The third-order valence-electron chi connectivity index (χ3n) is 3.67. The Morgan fingerprint density at radius 1 is 1.15 bits per heavy atom. The number of sulfonamides is 1. The van der Waals surface area contributed by atoms with Crippen LogP contribution in [0.2, 0.25) is 10.0 Å². The van der Waals surface area contributed by atoms with Crippen LogP contribution in [-0.2, 0) is 14.8 Å². The van der Waals surface area contributed by atoms with Crippen LogP contribution in [-0.4, -0.2) is 38.8 Å². The molecule has 0 unspecified atom stereocenters. The number of likely N-dealkylation sites (N-methyl/N-ethyl adjacent to an activating group) is 1. The quantitative estimate of drug-likeness (QED) is 0.720. The summed E-state index contributed by atoms with van der Waals surface area (Å²) in [5, 5.41) is 3.31. The molecule has 1 amide bonds. The molecule has 0 saturated heterocycles. The standard InChI is InChI=1S/C18H20Cl2N2O4S/c1-4-26-17-6-5-16(7-12(17)2)27(24,25)22(3)11-18(23)21-15-9-13(19)8-14(20)10-15/h5-10H,4,11H2,1-3H3,(H,21,23). The Kier molecular flexibility index (Phi) is 7.11. The number of hydrogen-bond acceptors (Lipinski definition) is 4. The minimum absolute atomic E-state index is 0.0875. The second-order valence-electron chi connectivity index (χ2n) is 5.83. The van der Waals surface area contributed by atoms with Crippen molar-refractivity contribution in [1.82, 2.24) is 4.31 Å². The summed E-state index contributed by atoms with van der Waals surface area (Å²) >= 11 is 11.8. The third kappa shape index (κ3) is 5.59. The van der Waals surface area contributed by atoms with Crippen molar-refractivity contribution >= 4 is 44.8 Å². The summed E-state index contributed by atoms with van der Waals surface area (Å²) in [6.45, 7) is 3.74. The smallest absolute Gasteiger partial charge is 0.243 e. The summed E-state index contributed by atoms with van der Waals surface area (Å²) in [5.41, 5.74) is 1.09. The van der Waals surface area contributed by atoms with Gasteiger partial charge in [-0.3, -0.25) is 4.79 Å². The first-order valence-electron chi connectivity index (χ1n) is 8.09. The van der Waals surface area contributed by atoms with Crippen LogP contribution in [0.3, 0.4) is 0 Å². The number of nitrogens with one attached hydrogen (secondary N) is 1. The van der Waals surface area contributed by atoms with Crippen molar-refractivity contribution in [1.29, 1.82) is 0 Å². The van der Waals surface area contributed by atoms with Crippen LogP contribution in [0.15, 0.2) is 41.3 Å². The highest BCUT2D eigenvalue weighted by Crippen LogP contribution is 2.24. The molecule has 0 heterocycles. The molecule has 0 aromatic heterocycles. The molecule has 146 valence electrons. The van der Waals surface area contributed by atoms with E-state index in [2.05, 4.69) is 5.32 Å². The van der Waals surface area contributed by atoms with Crippen molar-refractivity contribution in [3.63, 3.8) is 0 Å². The van der Waals surface area contributed by atoms with Crippen LogP contribution in [0.1, 0.15) is 12.5 Å². The van der Waals surface area contributed by atoms with Gasteiger partial charge in [0.2, 0.25) is 15.9 Å². The van der Waals surface area contributed by atoms with Gasteiger partial charge in [-0.25, -0.2) is 8.42 Å². The molecule has 0 radical (unpaired) electrons. The van der Waals surface area contributed by atoms with Gasteiger partial charge in [0.15, 0.2) is 0 Å².